The maximum atomic E-state index is 12.7. The molecule has 0 aromatic heterocycles. The van der Waals surface area contributed by atoms with Crippen molar-refractivity contribution >= 4 is 11.9 Å². The molecule has 1 rings (SSSR count). The lowest BCUT2D eigenvalue weighted by Gasteiger charge is -2.35. The van der Waals surface area contributed by atoms with Gasteiger partial charge in [-0.3, -0.25) is 4.79 Å². The first-order valence-electron chi connectivity index (χ1n) is 7.13. The normalized spacial score (nSPS) is 27.1. The molecule has 0 aromatic rings. The van der Waals surface area contributed by atoms with Crippen molar-refractivity contribution < 1.29 is 19.1 Å². The zero-order chi connectivity index (χ0) is 15.9. The van der Waals surface area contributed by atoms with E-state index in [4.69, 9.17) is 9.47 Å². The molecule has 2 atom stereocenters. The molecule has 0 aliphatic carbocycles. The van der Waals surface area contributed by atoms with Crippen molar-refractivity contribution in [3.05, 3.63) is 0 Å². The molecule has 1 saturated heterocycles. The fourth-order valence-corrected chi connectivity index (χ4v) is 2.30. The summed E-state index contributed by atoms with van der Waals surface area (Å²) in [6, 6.07) is -0.0196. The summed E-state index contributed by atoms with van der Waals surface area (Å²) in [5, 5.41) is 0. The van der Waals surface area contributed by atoms with E-state index in [1.54, 1.807) is 4.90 Å². The molecule has 0 saturated carbocycles. The van der Waals surface area contributed by atoms with Gasteiger partial charge in [0.2, 0.25) is 11.9 Å². The Morgan fingerprint density at radius 1 is 1.20 bits per heavy atom. The number of hydrogen-bond donors (Lipinski definition) is 0. The van der Waals surface area contributed by atoms with E-state index in [2.05, 4.69) is 0 Å². The van der Waals surface area contributed by atoms with Crippen molar-refractivity contribution in [2.24, 2.45) is 5.41 Å². The number of nitrogens with zero attached hydrogens (tertiary/aromatic N) is 1. The maximum Gasteiger partial charge on any atom is 0.350 e. The minimum absolute atomic E-state index is 0.00980. The van der Waals surface area contributed by atoms with E-state index in [1.165, 1.54) is 6.92 Å². The largest absolute Gasteiger partial charge is 0.433 e. The van der Waals surface area contributed by atoms with Gasteiger partial charge in [-0.25, -0.2) is 4.79 Å². The van der Waals surface area contributed by atoms with Gasteiger partial charge < -0.3 is 14.4 Å². The predicted molar refractivity (Wildman–Crippen MR) is 75.9 cm³/mol. The van der Waals surface area contributed by atoms with E-state index < -0.39 is 17.9 Å². The van der Waals surface area contributed by atoms with Crippen LogP contribution in [0, 0.1) is 5.41 Å². The highest BCUT2D eigenvalue weighted by Gasteiger charge is 2.57. The van der Waals surface area contributed by atoms with Gasteiger partial charge in [0.15, 0.2) is 0 Å². The maximum absolute atomic E-state index is 12.7. The van der Waals surface area contributed by atoms with Crippen LogP contribution in [0.5, 0.6) is 0 Å². The molecule has 116 valence electrons. The minimum Gasteiger partial charge on any atom is -0.433 e. The first-order chi connectivity index (χ1) is 8.91. The summed E-state index contributed by atoms with van der Waals surface area (Å²) in [7, 11) is 0. The summed E-state index contributed by atoms with van der Waals surface area (Å²) in [4.78, 5) is 26.5. The summed E-state index contributed by atoms with van der Waals surface area (Å²) in [5.74, 6) is -0.937. The molecular formula is C15H27NO4. The monoisotopic (exact) mass is 285 g/mol. The molecule has 20 heavy (non-hydrogen) atoms. The highest BCUT2D eigenvalue weighted by molar-refractivity contribution is 6.06. The second-order valence-corrected chi connectivity index (χ2v) is 7.15. The number of hydrogen-bond acceptors (Lipinski definition) is 4. The standard InChI is InChI=1S/C15H27NO4/c1-9(2)16(10(3)4)11(17)15(8)12(18)19-13(20-15)14(5,6)7/h9-10,13H,1-8H3. The Bertz CT molecular complexity index is 389. The average Bonchev–Trinajstić information content (AvgIpc) is 2.55. The van der Waals surface area contributed by atoms with Crippen molar-refractivity contribution in [2.45, 2.75) is 79.4 Å². The zero-order valence-corrected chi connectivity index (χ0v) is 13.8. The molecule has 2 unspecified atom stereocenters. The van der Waals surface area contributed by atoms with Gasteiger partial charge in [-0.2, -0.15) is 0 Å². The Morgan fingerprint density at radius 3 is 1.95 bits per heavy atom. The number of ether oxygens (including phenoxy) is 2. The highest BCUT2D eigenvalue weighted by Crippen LogP contribution is 2.36. The molecule has 0 aromatic carbocycles. The molecule has 0 spiro atoms. The molecule has 0 bridgehead atoms. The molecule has 5 heteroatoms. The van der Waals surface area contributed by atoms with Crippen LogP contribution >= 0.6 is 0 Å². The average molecular weight is 285 g/mol. The first kappa shape index (κ1) is 17.0. The third-order valence-electron chi connectivity index (χ3n) is 3.41. The Hall–Kier alpha value is -1.10. The molecule has 1 fully saturated rings. The van der Waals surface area contributed by atoms with Gasteiger partial charge in [0.25, 0.3) is 5.91 Å². The van der Waals surface area contributed by atoms with E-state index in [0.717, 1.165) is 0 Å². The summed E-state index contributed by atoms with van der Waals surface area (Å²) >= 11 is 0. The molecule has 1 amide bonds. The SMILES string of the molecule is CC(C)N(C(=O)C1(C)OC(C(C)(C)C)OC1=O)C(C)C. The Morgan fingerprint density at radius 2 is 1.65 bits per heavy atom. The Kier molecular flexibility index (Phi) is 4.54. The van der Waals surface area contributed by atoms with Crippen molar-refractivity contribution in [3.63, 3.8) is 0 Å². The van der Waals surface area contributed by atoms with Crippen molar-refractivity contribution in [1.82, 2.24) is 4.90 Å². The lowest BCUT2D eigenvalue weighted by Crippen LogP contribution is -2.55. The van der Waals surface area contributed by atoms with E-state index >= 15 is 0 Å². The summed E-state index contributed by atoms with van der Waals surface area (Å²) in [5.41, 5.74) is -1.92. The fourth-order valence-electron chi connectivity index (χ4n) is 2.30. The Labute approximate surface area is 121 Å². The Balaban J connectivity index is 3.05. The third kappa shape index (κ3) is 2.97. The molecule has 5 nitrogen and oxygen atoms in total. The number of amides is 1. The molecule has 1 aliphatic heterocycles. The summed E-state index contributed by atoms with van der Waals surface area (Å²) in [6.07, 6.45) is -0.704. The van der Waals surface area contributed by atoms with Crippen LogP contribution in [0.1, 0.15) is 55.4 Å². The highest BCUT2D eigenvalue weighted by atomic mass is 16.8. The molecule has 1 heterocycles. The van der Waals surface area contributed by atoms with Crippen molar-refractivity contribution in [2.75, 3.05) is 0 Å². The van der Waals surface area contributed by atoms with Crippen LogP contribution in [0.15, 0.2) is 0 Å². The van der Waals surface area contributed by atoms with Gasteiger partial charge >= 0.3 is 5.97 Å². The topological polar surface area (TPSA) is 55.8 Å². The third-order valence-corrected chi connectivity index (χ3v) is 3.41. The van der Waals surface area contributed by atoms with Crippen LogP contribution in [0.4, 0.5) is 0 Å². The van der Waals surface area contributed by atoms with Crippen molar-refractivity contribution in [1.29, 1.82) is 0 Å². The molecule has 0 radical (unpaired) electrons. The number of esters is 1. The van der Waals surface area contributed by atoms with Gasteiger partial charge in [-0.05, 0) is 34.6 Å². The zero-order valence-electron chi connectivity index (χ0n) is 13.8. The van der Waals surface area contributed by atoms with E-state index in [-0.39, 0.29) is 23.4 Å². The van der Waals surface area contributed by atoms with Crippen LogP contribution in [-0.2, 0) is 19.1 Å². The van der Waals surface area contributed by atoms with Crippen molar-refractivity contribution in [3.8, 4) is 0 Å². The van der Waals surface area contributed by atoms with Gasteiger partial charge in [0.1, 0.15) is 0 Å². The molecular weight excluding hydrogens is 258 g/mol. The van der Waals surface area contributed by atoms with Crippen LogP contribution < -0.4 is 0 Å². The number of carbonyl (C=O) groups excluding carboxylic acids is 2. The van der Waals surface area contributed by atoms with E-state index in [0.29, 0.717) is 0 Å². The van der Waals surface area contributed by atoms with Gasteiger partial charge in [-0.1, -0.05) is 20.8 Å². The van der Waals surface area contributed by atoms with Crippen LogP contribution in [0.25, 0.3) is 0 Å². The van der Waals surface area contributed by atoms with Crippen LogP contribution in [-0.4, -0.2) is 40.8 Å². The number of carbonyl (C=O) groups is 2. The van der Waals surface area contributed by atoms with Gasteiger partial charge in [0.05, 0.1) is 0 Å². The molecule has 0 N–H and O–H groups in total. The predicted octanol–water partition coefficient (Wildman–Crippen LogP) is 2.34. The van der Waals surface area contributed by atoms with Crippen LogP contribution in [0.3, 0.4) is 0 Å². The number of cyclic esters (lactones) is 1. The van der Waals surface area contributed by atoms with Crippen LogP contribution in [0.2, 0.25) is 0 Å². The fraction of sp³-hybridized carbons (Fsp3) is 0.867. The second-order valence-electron chi connectivity index (χ2n) is 7.15. The van der Waals surface area contributed by atoms with Gasteiger partial charge in [0, 0.05) is 17.5 Å². The quantitative estimate of drug-likeness (QED) is 0.590. The van der Waals surface area contributed by atoms with E-state index in [1.807, 2.05) is 48.5 Å². The second kappa shape index (κ2) is 5.35. The number of rotatable bonds is 3. The van der Waals surface area contributed by atoms with Gasteiger partial charge in [-0.15, -0.1) is 0 Å². The summed E-state index contributed by atoms with van der Waals surface area (Å²) < 4.78 is 11.0. The van der Waals surface area contributed by atoms with E-state index in [9.17, 15) is 9.59 Å². The molecule has 1 aliphatic rings. The minimum atomic E-state index is -1.55. The first-order valence-corrected chi connectivity index (χ1v) is 7.13. The lowest BCUT2D eigenvalue weighted by atomic mass is 9.96. The lowest BCUT2D eigenvalue weighted by molar-refractivity contribution is -0.172. The summed E-state index contributed by atoms with van der Waals surface area (Å²) in [6.45, 7) is 14.9. The smallest absolute Gasteiger partial charge is 0.350 e.